The Hall–Kier alpha value is -1.11. The molecule has 0 N–H and O–H groups in total. The van der Waals surface area contributed by atoms with Crippen molar-refractivity contribution in [1.29, 1.82) is 0 Å². The predicted molar refractivity (Wildman–Crippen MR) is 39.1 cm³/mol. The molecule has 0 bridgehead atoms. The third-order valence-electron chi connectivity index (χ3n) is 1.06. The second kappa shape index (κ2) is 3.10. The minimum Gasteiger partial charge on any atom is -0.327 e. The van der Waals surface area contributed by atoms with Gasteiger partial charge in [0.15, 0.2) is 5.82 Å². The summed E-state index contributed by atoms with van der Waals surface area (Å²) in [5.74, 6) is 0.199. The highest BCUT2D eigenvalue weighted by Crippen LogP contribution is 2.08. The van der Waals surface area contributed by atoms with E-state index in [1.54, 1.807) is 6.92 Å². The maximum atomic E-state index is 10.8. The van der Waals surface area contributed by atoms with Crippen LogP contribution in [-0.4, -0.2) is 24.3 Å². The molecule has 0 saturated heterocycles. The topological polar surface area (TPSA) is 82.3 Å². The molecular formula is C5H8N2O4S. The van der Waals surface area contributed by atoms with E-state index in [4.69, 9.17) is 0 Å². The van der Waals surface area contributed by atoms with E-state index < -0.39 is 10.1 Å². The Labute approximate surface area is 69.7 Å². The van der Waals surface area contributed by atoms with Gasteiger partial charge in [-0.05, 0) is 13.8 Å². The van der Waals surface area contributed by atoms with Crippen LogP contribution in [0, 0.1) is 6.92 Å². The molecule has 1 aromatic rings. The average Bonchev–Trinajstić information content (AvgIpc) is 2.35. The van der Waals surface area contributed by atoms with Crippen molar-refractivity contribution in [3.8, 4) is 6.08 Å². The molecule has 0 spiro atoms. The van der Waals surface area contributed by atoms with E-state index in [9.17, 15) is 8.42 Å². The van der Waals surface area contributed by atoms with Crippen molar-refractivity contribution in [3.63, 3.8) is 0 Å². The highest BCUT2D eigenvalue weighted by molar-refractivity contribution is 7.87. The first-order valence-corrected chi connectivity index (χ1v) is 4.83. The molecule has 0 saturated carbocycles. The molecule has 0 aliphatic heterocycles. The molecule has 12 heavy (non-hydrogen) atoms. The smallest absolute Gasteiger partial charge is 0.327 e. The van der Waals surface area contributed by atoms with Gasteiger partial charge in [-0.2, -0.15) is 13.4 Å². The van der Waals surface area contributed by atoms with Crippen LogP contribution in [0.3, 0.4) is 0 Å². The van der Waals surface area contributed by atoms with Crippen LogP contribution in [0.25, 0.3) is 0 Å². The molecule has 0 fully saturated rings. The van der Waals surface area contributed by atoms with Gasteiger partial charge in [-0.25, -0.2) is 0 Å². The molecule has 0 radical (unpaired) electrons. The highest BCUT2D eigenvalue weighted by Gasteiger charge is 2.13. The maximum Gasteiger partial charge on any atom is 0.433 e. The van der Waals surface area contributed by atoms with Crippen LogP contribution in [0.15, 0.2) is 4.52 Å². The quantitative estimate of drug-likeness (QED) is 0.632. The van der Waals surface area contributed by atoms with E-state index in [0.717, 1.165) is 0 Å². The largest absolute Gasteiger partial charge is 0.433 e. The summed E-state index contributed by atoms with van der Waals surface area (Å²) in [6, 6.07) is 0. The summed E-state index contributed by atoms with van der Waals surface area (Å²) in [7, 11) is -3.56. The Morgan fingerprint density at radius 1 is 1.58 bits per heavy atom. The fourth-order valence-corrected chi connectivity index (χ4v) is 0.882. The molecule has 7 heteroatoms. The maximum absolute atomic E-state index is 10.8. The molecule has 6 nitrogen and oxygen atoms in total. The molecule has 0 amide bonds. The Kier molecular flexibility index (Phi) is 2.32. The SMILES string of the molecule is CCS(=O)(=O)Oc1nc(C)no1. The Balaban J connectivity index is 2.77. The summed E-state index contributed by atoms with van der Waals surface area (Å²) in [6.45, 7) is 3.02. The van der Waals surface area contributed by atoms with E-state index in [2.05, 4.69) is 18.8 Å². The van der Waals surface area contributed by atoms with E-state index in [0.29, 0.717) is 5.82 Å². The third kappa shape index (κ3) is 2.19. The van der Waals surface area contributed by atoms with E-state index in [-0.39, 0.29) is 11.8 Å². The van der Waals surface area contributed by atoms with Crippen molar-refractivity contribution in [3.05, 3.63) is 5.82 Å². The molecule has 1 aromatic heterocycles. The number of rotatable bonds is 3. The van der Waals surface area contributed by atoms with Gasteiger partial charge in [0.05, 0.1) is 5.75 Å². The van der Waals surface area contributed by atoms with Crippen LogP contribution in [0.1, 0.15) is 12.7 Å². The lowest BCUT2D eigenvalue weighted by Crippen LogP contribution is -2.11. The van der Waals surface area contributed by atoms with Gasteiger partial charge < -0.3 is 4.18 Å². The summed E-state index contributed by atoms with van der Waals surface area (Å²) in [4.78, 5) is 3.56. The first kappa shape index (κ1) is 8.98. The molecule has 0 aliphatic rings. The van der Waals surface area contributed by atoms with Gasteiger partial charge in [0.1, 0.15) is 0 Å². The molecule has 1 heterocycles. The summed E-state index contributed by atoms with van der Waals surface area (Å²) in [6.07, 6.45) is -0.339. The fraction of sp³-hybridized carbons (Fsp3) is 0.600. The minimum absolute atomic E-state index is 0.131. The Bertz CT molecular complexity index is 355. The molecule has 1 rings (SSSR count). The third-order valence-corrected chi connectivity index (χ3v) is 2.16. The number of hydrogen-bond acceptors (Lipinski definition) is 6. The zero-order valence-electron chi connectivity index (χ0n) is 6.64. The van der Waals surface area contributed by atoms with E-state index in [1.165, 1.54) is 6.92 Å². The molecule has 0 atom stereocenters. The van der Waals surface area contributed by atoms with Gasteiger partial charge in [-0.15, -0.1) is 0 Å². The lowest BCUT2D eigenvalue weighted by Gasteiger charge is -1.96. The highest BCUT2D eigenvalue weighted by atomic mass is 32.2. The van der Waals surface area contributed by atoms with E-state index >= 15 is 0 Å². The van der Waals surface area contributed by atoms with Crippen molar-refractivity contribution < 1.29 is 17.1 Å². The van der Waals surface area contributed by atoms with Gasteiger partial charge in [0.25, 0.3) is 0 Å². The van der Waals surface area contributed by atoms with Crippen LogP contribution >= 0.6 is 0 Å². The second-order valence-electron chi connectivity index (χ2n) is 2.04. The molecular weight excluding hydrogens is 184 g/mol. The van der Waals surface area contributed by atoms with Gasteiger partial charge in [-0.3, -0.25) is 4.52 Å². The lowest BCUT2D eigenvalue weighted by atomic mass is 10.8. The number of nitrogens with zero attached hydrogens (tertiary/aromatic N) is 2. The number of aryl methyl sites for hydroxylation is 1. The zero-order valence-corrected chi connectivity index (χ0v) is 7.46. The second-order valence-corrected chi connectivity index (χ2v) is 3.90. The van der Waals surface area contributed by atoms with Gasteiger partial charge >= 0.3 is 16.2 Å². The fourth-order valence-electron chi connectivity index (χ4n) is 0.479. The number of hydrogen-bond donors (Lipinski definition) is 0. The first-order valence-electron chi connectivity index (χ1n) is 3.26. The monoisotopic (exact) mass is 192 g/mol. The van der Waals surface area contributed by atoms with Crippen LogP contribution in [-0.2, 0) is 10.1 Å². The van der Waals surface area contributed by atoms with Crippen LogP contribution in [0.2, 0.25) is 0 Å². The van der Waals surface area contributed by atoms with Crippen molar-refractivity contribution in [2.24, 2.45) is 0 Å². The summed E-state index contributed by atoms with van der Waals surface area (Å²) >= 11 is 0. The van der Waals surface area contributed by atoms with Gasteiger partial charge in [0.2, 0.25) is 0 Å². The average molecular weight is 192 g/mol. The van der Waals surface area contributed by atoms with Gasteiger partial charge in [-0.1, -0.05) is 5.16 Å². The molecule has 0 unspecified atom stereocenters. The Morgan fingerprint density at radius 3 is 2.67 bits per heavy atom. The van der Waals surface area contributed by atoms with Gasteiger partial charge in [0, 0.05) is 0 Å². The minimum atomic E-state index is -3.56. The summed E-state index contributed by atoms with van der Waals surface area (Å²) in [5, 5.41) is 3.36. The normalized spacial score (nSPS) is 11.5. The standard InChI is InChI=1S/C5H8N2O4S/c1-3-12(8,9)11-5-6-4(2)7-10-5/h3H2,1-2H3. The molecule has 68 valence electrons. The first-order chi connectivity index (χ1) is 5.53. The van der Waals surface area contributed by atoms with Crippen molar-refractivity contribution >= 4 is 10.1 Å². The zero-order chi connectivity index (χ0) is 9.19. The Morgan fingerprint density at radius 2 is 2.25 bits per heavy atom. The van der Waals surface area contributed by atoms with Crippen LogP contribution in [0.4, 0.5) is 0 Å². The molecule has 0 aliphatic carbocycles. The molecule has 0 aromatic carbocycles. The summed E-state index contributed by atoms with van der Waals surface area (Å²) < 4.78 is 30.5. The van der Waals surface area contributed by atoms with Crippen LogP contribution < -0.4 is 4.18 Å². The van der Waals surface area contributed by atoms with Crippen molar-refractivity contribution in [2.45, 2.75) is 13.8 Å². The van der Waals surface area contributed by atoms with Crippen molar-refractivity contribution in [1.82, 2.24) is 10.1 Å². The van der Waals surface area contributed by atoms with E-state index in [1.807, 2.05) is 0 Å². The van der Waals surface area contributed by atoms with Crippen molar-refractivity contribution in [2.75, 3.05) is 5.75 Å². The van der Waals surface area contributed by atoms with Crippen LogP contribution in [0.5, 0.6) is 6.08 Å². The number of aromatic nitrogens is 2. The predicted octanol–water partition coefficient (Wildman–Crippen LogP) is 0.107. The lowest BCUT2D eigenvalue weighted by molar-refractivity contribution is 0.309. The summed E-state index contributed by atoms with van der Waals surface area (Å²) in [5.41, 5.74) is 0.